The highest BCUT2D eigenvalue weighted by Gasteiger charge is 2.14. The number of rotatable bonds is 10. The topological polar surface area (TPSA) is 0 Å². The van der Waals surface area contributed by atoms with Gasteiger partial charge in [-0.2, -0.15) is 0 Å². The molecular formula is C16H32. The molecule has 0 amide bonds. The van der Waals surface area contributed by atoms with Gasteiger partial charge in [0.25, 0.3) is 0 Å². The highest BCUT2D eigenvalue weighted by atomic mass is 14.2. The summed E-state index contributed by atoms with van der Waals surface area (Å²) in [5.41, 5.74) is 0.543. The van der Waals surface area contributed by atoms with Crippen molar-refractivity contribution in [1.29, 1.82) is 0 Å². The van der Waals surface area contributed by atoms with E-state index in [2.05, 4.69) is 39.8 Å². The lowest BCUT2D eigenvalue weighted by atomic mass is 9.83. The molecule has 0 rings (SSSR count). The average Bonchev–Trinajstić information content (AvgIpc) is 2.22. The number of hydrogen-bond donors (Lipinski definition) is 0. The molecule has 0 radical (unpaired) electrons. The van der Waals surface area contributed by atoms with Crippen molar-refractivity contribution in [2.75, 3.05) is 0 Å². The van der Waals surface area contributed by atoms with Crippen LogP contribution in [0.5, 0.6) is 0 Å². The first kappa shape index (κ1) is 15.7. The van der Waals surface area contributed by atoms with Crippen LogP contribution in [-0.4, -0.2) is 0 Å². The van der Waals surface area contributed by atoms with Gasteiger partial charge in [-0.3, -0.25) is 0 Å². The molecule has 16 heavy (non-hydrogen) atoms. The van der Waals surface area contributed by atoms with E-state index in [-0.39, 0.29) is 0 Å². The lowest BCUT2D eigenvalue weighted by molar-refractivity contribution is 0.307. The van der Waals surface area contributed by atoms with Gasteiger partial charge in [0.1, 0.15) is 0 Å². The molecule has 0 aliphatic rings. The predicted octanol–water partition coefficient (Wildman–Crippen LogP) is 6.12. The minimum absolute atomic E-state index is 0.543. The molecule has 0 aromatic heterocycles. The maximum Gasteiger partial charge on any atom is -0.0346 e. The summed E-state index contributed by atoms with van der Waals surface area (Å²) >= 11 is 0. The van der Waals surface area contributed by atoms with Crippen molar-refractivity contribution in [3.63, 3.8) is 0 Å². The second-order valence-corrected chi connectivity index (χ2v) is 5.77. The maximum atomic E-state index is 2.39. The van der Waals surface area contributed by atoms with Crippen LogP contribution in [0.25, 0.3) is 0 Å². The van der Waals surface area contributed by atoms with E-state index in [1.54, 1.807) is 0 Å². The Morgan fingerprint density at radius 3 is 2.06 bits per heavy atom. The molecule has 96 valence electrons. The van der Waals surface area contributed by atoms with Crippen molar-refractivity contribution in [1.82, 2.24) is 0 Å². The highest BCUT2D eigenvalue weighted by Crippen LogP contribution is 2.28. The van der Waals surface area contributed by atoms with Crippen LogP contribution in [0, 0.1) is 5.41 Å². The molecule has 0 atom stereocenters. The monoisotopic (exact) mass is 224 g/mol. The van der Waals surface area contributed by atoms with Crippen LogP contribution in [0.4, 0.5) is 0 Å². The molecule has 0 spiro atoms. The zero-order valence-corrected chi connectivity index (χ0v) is 12.0. The summed E-state index contributed by atoms with van der Waals surface area (Å²) in [7, 11) is 0. The zero-order chi connectivity index (χ0) is 12.3. The molecule has 0 aliphatic carbocycles. The summed E-state index contributed by atoms with van der Waals surface area (Å²) in [4.78, 5) is 0. The molecule has 0 aromatic rings. The Morgan fingerprint density at radius 1 is 0.750 bits per heavy atom. The van der Waals surface area contributed by atoms with E-state index in [1.165, 1.54) is 57.8 Å². The van der Waals surface area contributed by atoms with Gasteiger partial charge in [-0.15, -0.1) is 0 Å². The van der Waals surface area contributed by atoms with Gasteiger partial charge in [0.05, 0.1) is 0 Å². The largest absolute Gasteiger partial charge is 0.0885 e. The molecule has 0 heterocycles. The van der Waals surface area contributed by atoms with Gasteiger partial charge in [0, 0.05) is 0 Å². The zero-order valence-electron chi connectivity index (χ0n) is 12.0. The predicted molar refractivity (Wildman–Crippen MR) is 75.8 cm³/mol. The molecule has 0 nitrogen and oxygen atoms in total. The second-order valence-electron chi connectivity index (χ2n) is 5.77. The van der Waals surface area contributed by atoms with E-state index in [0.29, 0.717) is 5.41 Å². The Labute approximate surface area is 104 Å². The molecule has 0 bridgehead atoms. The SMILES string of the molecule is CCCCCCC=CCCC(C)(C)CCC. The van der Waals surface area contributed by atoms with E-state index in [9.17, 15) is 0 Å². The molecule has 0 saturated heterocycles. The van der Waals surface area contributed by atoms with Crippen molar-refractivity contribution < 1.29 is 0 Å². The normalized spacial score (nSPS) is 12.5. The van der Waals surface area contributed by atoms with E-state index in [0.717, 1.165) is 0 Å². The summed E-state index contributed by atoms with van der Waals surface area (Å²) < 4.78 is 0. The number of allylic oxidation sites excluding steroid dienone is 2. The van der Waals surface area contributed by atoms with Crippen LogP contribution in [0.3, 0.4) is 0 Å². The van der Waals surface area contributed by atoms with Crippen LogP contribution < -0.4 is 0 Å². The average molecular weight is 224 g/mol. The molecule has 0 unspecified atom stereocenters. The Morgan fingerprint density at radius 2 is 1.44 bits per heavy atom. The van der Waals surface area contributed by atoms with Gasteiger partial charge >= 0.3 is 0 Å². The number of unbranched alkanes of at least 4 members (excludes halogenated alkanes) is 4. The molecule has 0 fully saturated rings. The highest BCUT2D eigenvalue weighted by molar-refractivity contribution is 4.83. The fourth-order valence-electron chi connectivity index (χ4n) is 2.20. The van der Waals surface area contributed by atoms with Crippen molar-refractivity contribution in [2.24, 2.45) is 5.41 Å². The van der Waals surface area contributed by atoms with Crippen LogP contribution in [0.15, 0.2) is 12.2 Å². The third-order valence-electron chi connectivity index (χ3n) is 3.31. The first-order chi connectivity index (χ1) is 7.62. The van der Waals surface area contributed by atoms with Crippen LogP contribution >= 0.6 is 0 Å². The van der Waals surface area contributed by atoms with E-state index >= 15 is 0 Å². The summed E-state index contributed by atoms with van der Waals surface area (Å²) in [6.07, 6.45) is 16.9. The van der Waals surface area contributed by atoms with E-state index in [4.69, 9.17) is 0 Å². The van der Waals surface area contributed by atoms with Crippen molar-refractivity contribution in [2.45, 2.75) is 85.5 Å². The summed E-state index contributed by atoms with van der Waals surface area (Å²) in [6, 6.07) is 0. The van der Waals surface area contributed by atoms with E-state index < -0.39 is 0 Å². The minimum Gasteiger partial charge on any atom is -0.0885 e. The van der Waals surface area contributed by atoms with E-state index in [1.807, 2.05) is 0 Å². The molecule has 0 aromatic carbocycles. The smallest absolute Gasteiger partial charge is 0.0346 e. The van der Waals surface area contributed by atoms with Gasteiger partial charge in [-0.25, -0.2) is 0 Å². The Hall–Kier alpha value is -0.260. The minimum atomic E-state index is 0.543. The van der Waals surface area contributed by atoms with Crippen molar-refractivity contribution in [3.05, 3.63) is 12.2 Å². The van der Waals surface area contributed by atoms with Crippen LogP contribution in [0.2, 0.25) is 0 Å². The summed E-state index contributed by atoms with van der Waals surface area (Å²) in [5, 5.41) is 0. The quantitative estimate of drug-likeness (QED) is 0.310. The standard InChI is InChI=1S/C16H32/c1-5-7-8-9-10-11-12-13-15-16(3,4)14-6-2/h11-12H,5-10,13-15H2,1-4H3. The molecule has 0 saturated carbocycles. The lowest BCUT2D eigenvalue weighted by Gasteiger charge is -2.22. The van der Waals surface area contributed by atoms with Crippen molar-refractivity contribution in [3.8, 4) is 0 Å². The van der Waals surface area contributed by atoms with Gasteiger partial charge < -0.3 is 0 Å². The maximum absolute atomic E-state index is 2.39. The molecule has 0 aliphatic heterocycles. The Bertz CT molecular complexity index is 165. The van der Waals surface area contributed by atoms with Gasteiger partial charge in [0.15, 0.2) is 0 Å². The third-order valence-corrected chi connectivity index (χ3v) is 3.31. The molecule has 0 N–H and O–H groups in total. The Balaban J connectivity index is 3.39. The molecular weight excluding hydrogens is 192 g/mol. The van der Waals surface area contributed by atoms with Crippen LogP contribution in [0.1, 0.15) is 85.5 Å². The fraction of sp³-hybridized carbons (Fsp3) is 0.875. The van der Waals surface area contributed by atoms with Crippen LogP contribution in [-0.2, 0) is 0 Å². The first-order valence-electron chi connectivity index (χ1n) is 7.27. The summed E-state index contributed by atoms with van der Waals surface area (Å²) in [5.74, 6) is 0. The first-order valence-corrected chi connectivity index (χ1v) is 7.27. The van der Waals surface area contributed by atoms with Gasteiger partial charge in [-0.05, 0) is 37.5 Å². The number of hydrogen-bond acceptors (Lipinski definition) is 0. The lowest BCUT2D eigenvalue weighted by Crippen LogP contribution is -2.09. The Kier molecular flexibility index (Phi) is 9.77. The summed E-state index contributed by atoms with van der Waals surface area (Å²) in [6.45, 7) is 9.34. The second kappa shape index (κ2) is 9.93. The van der Waals surface area contributed by atoms with Crippen molar-refractivity contribution >= 4 is 0 Å². The third kappa shape index (κ3) is 10.3. The fourth-order valence-corrected chi connectivity index (χ4v) is 2.20. The van der Waals surface area contributed by atoms with Gasteiger partial charge in [0.2, 0.25) is 0 Å². The van der Waals surface area contributed by atoms with Gasteiger partial charge in [-0.1, -0.05) is 65.5 Å². The molecule has 0 heteroatoms.